The highest BCUT2D eigenvalue weighted by Crippen LogP contribution is 2.39. The second kappa shape index (κ2) is 1.94. The van der Waals surface area contributed by atoms with E-state index in [0.717, 1.165) is 0 Å². The zero-order chi connectivity index (χ0) is 7.07. The van der Waals surface area contributed by atoms with Crippen LogP contribution in [0.2, 0.25) is 0 Å². The predicted octanol–water partition coefficient (Wildman–Crippen LogP) is 1.77. The van der Waals surface area contributed by atoms with E-state index in [0.29, 0.717) is 12.5 Å². The second-order valence-electron chi connectivity index (χ2n) is 3.01. The average Bonchev–Trinajstić information content (AvgIpc) is 2.40. The molecule has 2 heteroatoms. The van der Waals surface area contributed by atoms with Gasteiger partial charge in [0.1, 0.15) is 11.8 Å². The Morgan fingerprint density at radius 1 is 1.44 bits per heavy atom. The Balaban J connectivity index is 2.52. The van der Waals surface area contributed by atoms with Gasteiger partial charge in [0.2, 0.25) is 0 Å². The van der Waals surface area contributed by atoms with Crippen LogP contribution in [-0.4, -0.2) is 18.4 Å². The van der Waals surface area contributed by atoms with Gasteiger partial charge >= 0.3 is 0 Å². The zero-order valence-corrected chi connectivity index (χ0v) is 6.15. The highest BCUT2D eigenvalue weighted by atomic mass is 19.1. The maximum atomic E-state index is 12.7. The summed E-state index contributed by atoms with van der Waals surface area (Å²) in [6.07, 6.45) is -0.822. The van der Waals surface area contributed by atoms with Crippen molar-refractivity contribution in [2.75, 3.05) is 6.61 Å². The Morgan fingerprint density at radius 2 is 1.89 bits per heavy atom. The molecular formula is C7H13FO. The number of hydrogen-bond acceptors (Lipinski definition) is 1. The minimum atomic E-state index is -0.822. The molecule has 1 rings (SSSR count). The molecule has 0 amide bonds. The van der Waals surface area contributed by atoms with Gasteiger partial charge in [-0.3, -0.25) is 0 Å². The number of ether oxygens (including phenoxy) is 1. The molecule has 0 spiro atoms. The quantitative estimate of drug-likeness (QED) is 0.522. The fourth-order valence-electron chi connectivity index (χ4n) is 1.11. The Morgan fingerprint density at radius 3 is 1.89 bits per heavy atom. The number of rotatable bonds is 2. The van der Waals surface area contributed by atoms with Crippen LogP contribution in [0.5, 0.6) is 0 Å². The Bertz CT molecular complexity index is 95.5. The first-order chi connectivity index (χ1) is 4.09. The zero-order valence-electron chi connectivity index (χ0n) is 6.15. The monoisotopic (exact) mass is 132 g/mol. The lowest BCUT2D eigenvalue weighted by atomic mass is 9.93. The van der Waals surface area contributed by atoms with E-state index >= 15 is 0 Å². The molecule has 0 aromatic rings. The van der Waals surface area contributed by atoms with E-state index in [-0.39, 0.29) is 0 Å². The van der Waals surface area contributed by atoms with Gasteiger partial charge in [0.05, 0.1) is 6.61 Å². The molecule has 1 nitrogen and oxygen atoms in total. The van der Waals surface area contributed by atoms with E-state index in [1.165, 1.54) is 0 Å². The van der Waals surface area contributed by atoms with E-state index in [2.05, 4.69) is 0 Å². The molecule has 54 valence electrons. The van der Waals surface area contributed by atoms with Gasteiger partial charge < -0.3 is 4.74 Å². The maximum absolute atomic E-state index is 12.7. The molecular weight excluding hydrogens is 119 g/mol. The molecule has 0 aromatic carbocycles. The van der Waals surface area contributed by atoms with Crippen molar-refractivity contribution in [3.63, 3.8) is 0 Å². The highest BCUT2D eigenvalue weighted by molar-refractivity contribution is 4.99. The van der Waals surface area contributed by atoms with Crippen LogP contribution in [0.3, 0.4) is 0 Å². The third-order valence-electron chi connectivity index (χ3n) is 2.13. The van der Waals surface area contributed by atoms with Crippen LogP contribution >= 0.6 is 0 Å². The van der Waals surface area contributed by atoms with E-state index in [4.69, 9.17) is 4.74 Å². The topological polar surface area (TPSA) is 12.5 Å². The first-order valence-electron chi connectivity index (χ1n) is 3.37. The number of alkyl halides is 1. The molecule has 1 aliphatic heterocycles. The van der Waals surface area contributed by atoms with E-state index < -0.39 is 11.8 Å². The minimum absolute atomic E-state index is 0.303. The van der Waals surface area contributed by atoms with Crippen molar-refractivity contribution in [3.8, 4) is 0 Å². The van der Waals surface area contributed by atoms with Crippen LogP contribution in [0.15, 0.2) is 0 Å². The summed E-state index contributed by atoms with van der Waals surface area (Å²) in [6, 6.07) is 0. The fourth-order valence-corrected chi connectivity index (χ4v) is 1.11. The van der Waals surface area contributed by atoms with Crippen molar-refractivity contribution in [2.24, 2.45) is 5.92 Å². The maximum Gasteiger partial charge on any atom is 0.129 e. The van der Waals surface area contributed by atoms with Gasteiger partial charge in [-0.05, 0) is 12.8 Å². The highest BCUT2D eigenvalue weighted by Gasteiger charge is 2.52. The molecule has 1 aliphatic rings. The molecule has 0 bridgehead atoms. The Kier molecular flexibility index (Phi) is 1.51. The van der Waals surface area contributed by atoms with E-state index in [1.807, 2.05) is 13.8 Å². The van der Waals surface area contributed by atoms with E-state index in [9.17, 15) is 4.39 Å². The SMILES string of the molecule is CC(C)C1(C(C)F)CO1. The lowest BCUT2D eigenvalue weighted by Crippen LogP contribution is -2.29. The normalized spacial score (nSPS) is 37.0. The largest absolute Gasteiger partial charge is 0.366 e. The first-order valence-corrected chi connectivity index (χ1v) is 3.37. The van der Waals surface area contributed by atoms with Crippen molar-refractivity contribution in [1.29, 1.82) is 0 Å². The van der Waals surface area contributed by atoms with Gasteiger partial charge in [-0.2, -0.15) is 0 Å². The number of epoxide rings is 1. The lowest BCUT2D eigenvalue weighted by Gasteiger charge is -2.16. The second-order valence-corrected chi connectivity index (χ2v) is 3.01. The van der Waals surface area contributed by atoms with Gasteiger partial charge in [-0.1, -0.05) is 13.8 Å². The number of hydrogen-bond donors (Lipinski definition) is 0. The molecule has 0 radical (unpaired) electrons. The van der Waals surface area contributed by atoms with Crippen LogP contribution < -0.4 is 0 Å². The van der Waals surface area contributed by atoms with Crippen LogP contribution in [0.4, 0.5) is 4.39 Å². The van der Waals surface area contributed by atoms with Crippen molar-refractivity contribution >= 4 is 0 Å². The first kappa shape index (κ1) is 7.00. The molecule has 2 atom stereocenters. The standard InChI is InChI=1S/C7H13FO/c1-5(2)7(4-9-7)6(3)8/h5-6H,4H2,1-3H3. The van der Waals surface area contributed by atoms with Crippen molar-refractivity contribution in [2.45, 2.75) is 32.5 Å². The summed E-state index contributed by atoms with van der Waals surface area (Å²) in [5.74, 6) is 0.303. The Hall–Kier alpha value is -0.110. The van der Waals surface area contributed by atoms with Gasteiger partial charge in [-0.25, -0.2) is 4.39 Å². The summed E-state index contributed by atoms with van der Waals surface area (Å²) in [6.45, 7) is 6.14. The molecule has 1 heterocycles. The molecule has 0 aliphatic carbocycles. The van der Waals surface area contributed by atoms with Gasteiger partial charge in [0, 0.05) is 0 Å². The Labute approximate surface area is 55.2 Å². The van der Waals surface area contributed by atoms with Crippen molar-refractivity contribution in [1.82, 2.24) is 0 Å². The van der Waals surface area contributed by atoms with Gasteiger partial charge in [-0.15, -0.1) is 0 Å². The van der Waals surface area contributed by atoms with E-state index in [1.54, 1.807) is 6.92 Å². The van der Waals surface area contributed by atoms with Gasteiger partial charge in [0.15, 0.2) is 0 Å². The summed E-state index contributed by atoms with van der Waals surface area (Å²) in [7, 11) is 0. The average molecular weight is 132 g/mol. The fraction of sp³-hybridized carbons (Fsp3) is 1.00. The van der Waals surface area contributed by atoms with Crippen molar-refractivity contribution in [3.05, 3.63) is 0 Å². The lowest BCUT2D eigenvalue weighted by molar-refractivity contribution is 0.132. The van der Waals surface area contributed by atoms with Crippen LogP contribution in [0.1, 0.15) is 20.8 Å². The number of halogens is 1. The summed E-state index contributed by atoms with van der Waals surface area (Å²) in [5, 5.41) is 0. The molecule has 1 fully saturated rings. The minimum Gasteiger partial charge on any atom is -0.366 e. The third kappa shape index (κ3) is 0.960. The summed E-state index contributed by atoms with van der Waals surface area (Å²) in [4.78, 5) is 0. The van der Waals surface area contributed by atoms with Gasteiger partial charge in [0.25, 0.3) is 0 Å². The molecule has 1 saturated heterocycles. The van der Waals surface area contributed by atoms with Crippen LogP contribution in [0.25, 0.3) is 0 Å². The van der Waals surface area contributed by atoms with Crippen LogP contribution in [0, 0.1) is 5.92 Å². The molecule has 0 saturated carbocycles. The third-order valence-corrected chi connectivity index (χ3v) is 2.13. The smallest absolute Gasteiger partial charge is 0.129 e. The summed E-state index contributed by atoms with van der Waals surface area (Å²) >= 11 is 0. The molecule has 0 aromatic heterocycles. The molecule has 9 heavy (non-hydrogen) atoms. The molecule has 0 N–H and O–H groups in total. The summed E-state index contributed by atoms with van der Waals surface area (Å²) < 4.78 is 17.7. The molecule has 2 unspecified atom stereocenters. The van der Waals surface area contributed by atoms with Crippen LogP contribution in [-0.2, 0) is 4.74 Å². The predicted molar refractivity (Wildman–Crippen MR) is 34.1 cm³/mol. The summed E-state index contributed by atoms with van der Waals surface area (Å²) in [5.41, 5.74) is -0.417. The van der Waals surface area contributed by atoms with Crippen molar-refractivity contribution < 1.29 is 9.13 Å².